The summed E-state index contributed by atoms with van der Waals surface area (Å²) in [6, 6.07) is 10.2. The molecule has 0 saturated carbocycles. The number of carbonyl (C=O) groups excluding carboxylic acids is 1. The van der Waals surface area contributed by atoms with E-state index in [1.807, 2.05) is 0 Å². The van der Waals surface area contributed by atoms with E-state index in [0.717, 1.165) is 12.0 Å². The molecule has 31 heavy (non-hydrogen) atoms. The van der Waals surface area contributed by atoms with Crippen LogP contribution in [-0.2, 0) is 31.3 Å². The Bertz CT molecular complexity index is 1290. The predicted molar refractivity (Wildman–Crippen MR) is 117 cm³/mol. The average molecular weight is 463 g/mol. The molecule has 0 atom stereocenters. The number of nitrogens with one attached hydrogen (secondary N) is 2. The first kappa shape index (κ1) is 21.3. The zero-order valence-electron chi connectivity index (χ0n) is 16.8. The minimum atomic E-state index is -3.95. The average Bonchev–Trinajstić information content (AvgIpc) is 3.36. The van der Waals surface area contributed by atoms with E-state index in [-0.39, 0.29) is 21.4 Å². The third kappa shape index (κ3) is 4.42. The van der Waals surface area contributed by atoms with Crippen LogP contribution in [0.5, 0.6) is 0 Å². The smallest absolute Gasteiger partial charge is 0.262 e. The van der Waals surface area contributed by atoms with Crippen molar-refractivity contribution < 1.29 is 21.6 Å². The number of amides is 1. The van der Waals surface area contributed by atoms with E-state index in [4.69, 9.17) is 0 Å². The monoisotopic (exact) mass is 462 g/mol. The molecule has 0 saturated heterocycles. The fraction of sp³-hybridized carbons (Fsp3) is 0.300. The predicted octanol–water partition coefficient (Wildman–Crippen LogP) is 1.87. The molecule has 0 aromatic heterocycles. The molecule has 0 radical (unpaired) electrons. The lowest BCUT2D eigenvalue weighted by atomic mass is 10.2. The van der Waals surface area contributed by atoms with Gasteiger partial charge >= 0.3 is 0 Å². The Morgan fingerprint density at radius 1 is 0.968 bits per heavy atom. The minimum absolute atomic E-state index is 0.0448. The zero-order valence-corrected chi connectivity index (χ0v) is 18.5. The van der Waals surface area contributed by atoms with Gasteiger partial charge in [-0.05, 0) is 54.8 Å². The fourth-order valence-corrected chi connectivity index (χ4v) is 5.88. The topological polar surface area (TPSA) is 125 Å². The number of nitrogens with zero attached hydrogens (tertiary/aromatic N) is 2. The molecule has 11 heteroatoms. The molecule has 0 aliphatic carbocycles. The van der Waals surface area contributed by atoms with Crippen LogP contribution in [0.3, 0.4) is 0 Å². The molecule has 1 amide bonds. The van der Waals surface area contributed by atoms with Gasteiger partial charge in [0.25, 0.3) is 20.0 Å². The van der Waals surface area contributed by atoms with Crippen LogP contribution in [-0.4, -0.2) is 41.7 Å². The van der Waals surface area contributed by atoms with Crippen LogP contribution in [0.4, 0.5) is 11.4 Å². The number of fused-ring (bicyclic) bond motifs is 1. The van der Waals surface area contributed by atoms with Gasteiger partial charge in [-0.25, -0.2) is 16.8 Å². The van der Waals surface area contributed by atoms with Gasteiger partial charge in [0.2, 0.25) is 5.91 Å². The van der Waals surface area contributed by atoms with Crippen LogP contribution < -0.4 is 14.3 Å². The van der Waals surface area contributed by atoms with E-state index in [1.165, 1.54) is 37.3 Å². The van der Waals surface area contributed by atoms with Crippen molar-refractivity contribution >= 4 is 43.2 Å². The van der Waals surface area contributed by atoms with Crippen molar-refractivity contribution in [2.24, 2.45) is 4.99 Å². The standard InChI is InChI=1S/C20H22N4O5S2/c1-14(25)24-11-9-15-12-18(7-8-19(15)24)30(26,27)22-16-4-2-5-17(13-16)31(28,29)23-20-6-3-10-21-20/h2,4-5,7-8,12-13,22H,3,6,9-11H2,1H3,(H,21,23). The third-order valence-electron chi connectivity index (χ3n) is 5.16. The second kappa shape index (κ2) is 7.97. The lowest BCUT2D eigenvalue weighted by Gasteiger charge is -2.15. The highest BCUT2D eigenvalue weighted by Crippen LogP contribution is 2.31. The number of hydrogen-bond donors (Lipinski definition) is 2. The zero-order chi connectivity index (χ0) is 22.2. The van der Waals surface area contributed by atoms with Gasteiger partial charge in [0.15, 0.2) is 0 Å². The summed E-state index contributed by atoms with van der Waals surface area (Å²) in [6.45, 7) is 2.57. The second-order valence-electron chi connectivity index (χ2n) is 7.38. The molecule has 2 aromatic rings. The number of anilines is 2. The van der Waals surface area contributed by atoms with E-state index >= 15 is 0 Å². The number of rotatable bonds is 5. The molecule has 2 N–H and O–H groups in total. The summed E-state index contributed by atoms with van der Waals surface area (Å²) in [5, 5.41) is 0. The maximum atomic E-state index is 12.9. The van der Waals surface area contributed by atoms with E-state index in [2.05, 4.69) is 14.4 Å². The van der Waals surface area contributed by atoms with E-state index in [1.54, 1.807) is 17.0 Å². The summed E-state index contributed by atoms with van der Waals surface area (Å²) >= 11 is 0. The van der Waals surface area contributed by atoms with Crippen molar-refractivity contribution in [2.75, 3.05) is 22.7 Å². The normalized spacial score (nSPS) is 16.0. The Balaban J connectivity index is 1.57. The summed E-state index contributed by atoms with van der Waals surface area (Å²) in [4.78, 5) is 17.4. The summed E-state index contributed by atoms with van der Waals surface area (Å²) in [6.07, 6.45) is 1.93. The van der Waals surface area contributed by atoms with Crippen molar-refractivity contribution in [1.29, 1.82) is 0 Å². The van der Waals surface area contributed by atoms with Crippen LogP contribution in [0.15, 0.2) is 57.2 Å². The highest BCUT2D eigenvalue weighted by Gasteiger charge is 2.25. The van der Waals surface area contributed by atoms with Crippen LogP contribution in [0.25, 0.3) is 0 Å². The van der Waals surface area contributed by atoms with Gasteiger partial charge < -0.3 is 4.90 Å². The molecule has 164 valence electrons. The SMILES string of the molecule is CC(=O)N1CCc2cc(S(=O)(=O)Nc3cccc(S(=O)(=O)NC4=NCCC4)c3)ccc21. The lowest BCUT2D eigenvalue weighted by molar-refractivity contribution is -0.116. The molecule has 0 spiro atoms. The highest BCUT2D eigenvalue weighted by molar-refractivity contribution is 7.92. The maximum absolute atomic E-state index is 12.9. The summed E-state index contributed by atoms with van der Waals surface area (Å²) < 4.78 is 55.8. The van der Waals surface area contributed by atoms with Crippen molar-refractivity contribution in [2.45, 2.75) is 36.0 Å². The van der Waals surface area contributed by atoms with Gasteiger partial charge in [0.1, 0.15) is 5.84 Å². The molecule has 0 bridgehead atoms. The molecule has 2 heterocycles. The Labute approximate surface area is 181 Å². The quantitative estimate of drug-likeness (QED) is 0.702. The molecule has 2 aliphatic rings. The molecule has 4 rings (SSSR count). The lowest BCUT2D eigenvalue weighted by Crippen LogP contribution is -2.29. The fourth-order valence-electron chi connectivity index (χ4n) is 3.65. The summed E-state index contributed by atoms with van der Waals surface area (Å²) in [5.41, 5.74) is 1.61. The van der Waals surface area contributed by atoms with E-state index in [0.29, 0.717) is 37.5 Å². The molecule has 2 aromatic carbocycles. The Morgan fingerprint density at radius 3 is 2.42 bits per heavy atom. The third-order valence-corrected chi connectivity index (χ3v) is 7.92. The first-order chi connectivity index (χ1) is 14.7. The first-order valence-electron chi connectivity index (χ1n) is 9.76. The van der Waals surface area contributed by atoms with Gasteiger partial charge in [0, 0.05) is 32.1 Å². The van der Waals surface area contributed by atoms with Gasteiger partial charge in [-0.15, -0.1) is 0 Å². The first-order valence-corrected chi connectivity index (χ1v) is 12.7. The van der Waals surface area contributed by atoms with Gasteiger partial charge in [0.05, 0.1) is 15.5 Å². The van der Waals surface area contributed by atoms with E-state index in [9.17, 15) is 21.6 Å². The number of amidine groups is 1. The Hall–Kier alpha value is -2.92. The van der Waals surface area contributed by atoms with Gasteiger partial charge in [-0.1, -0.05) is 6.07 Å². The molecule has 2 aliphatic heterocycles. The number of carbonyl (C=O) groups is 1. The highest BCUT2D eigenvalue weighted by atomic mass is 32.2. The molecule has 9 nitrogen and oxygen atoms in total. The van der Waals surface area contributed by atoms with Crippen molar-refractivity contribution in [3.63, 3.8) is 0 Å². The number of hydrogen-bond acceptors (Lipinski definition) is 6. The van der Waals surface area contributed by atoms with Crippen molar-refractivity contribution in [3.05, 3.63) is 48.0 Å². The Kier molecular flexibility index (Phi) is 5.48. The van der Waals surface area contributed by atoms with E-state index < -0.39 is 20.0 Å². The van der Waals surface area contributed by atoms with Crippen molar-refractivity contribution in [3.8, 4) is 0 Å². The number of aliphatic imine (C=N–C) groups is 1. The summed E-state index contributed by atoms with van der Waals surface area (Å²) in [7, 11) is -7.81. The number of benzene rings is 2. The molecular formula is C20H22N4O5S2. The van der Waals surface area contributed by atoms with Crippen LogP contribution >= 0.6 is 0 Å². The molecule has 0 fully saturated rings. The van der Waals surface area contributed by atoms with Gasteiger partial charge in [-0.2, -0.15) is 0 Å². The number of sulfonamides is 2. The Morgan fingerprint density at radius 2 is 1.71 bits per heavy atom. The summed E-state index contributed by atoms with van der Waals surface area (Å²) in [5.74, 6) is 0.311. The minimum Gasteiger partial charge on any atom is -0.312 e. The maximum Gasteiger partial charge on any atom is 0.262 e. The largest absolute Gasteiger partial charge is 0.312 e. The molecular weight excluding hydrogens is 440 g/mol. The van der Waals surface area contributed by atoms with Crippen LogP contribution in [0.1, 0.15) is 25.3 Å². The van der Waals surface area contributed by atoms with Crippen molar-refractivity contribution in [1.82, 2.24) is 4.72 Å². The van der Waals surface area contributed by atoms with Gasteiger partial charge in [-0.3, -0.25) is 19.2 Å². The van der Waals surface area contributed by atoms with Crippen LogP contribution in [0, 0.1) is 0 Å². The second-order valence-corrected chi connectivity index (χ2v) is 10.7. The molecule has 0 unspecified atom stereocenters. The van der Waals surface area contributed by atoms with Crippen LogP contribution in [0.2, 0.25) is 0 Å².